The van der Waals surface area contributed by atoms with E-state index < -0.39 is 0 Å². The zero-order valence-electron chi connectivity index (χ0n) is 11.4. The van der Waals surface area contributed by atoms with Gasteiger partial charge in [0, 0.05) is 31.6 Å². The number of hydrogen-bond acceptors (Lipinski definition) is 6. The summed E-state index contributed by atoms with van der Waals surface area (Å²) < 4.78 is 15.4. The minimum Gasteiger partial charge on any atom is -0.384 e. The summed E-state index contributed by atoms with van der Waals surface area (Å²) in [7, 11) is 1.71. The molecule has 2 aliphatic rings. The van der Waals surface area contributed by atoms with Crippen LogP contribution < -0.4 is 4.90 Å². The first-order valence-electron chi connectivity index (χ1n) is 7.08. The van der Waals surface area contributed by atoms with Gasteiger partial charge in [-0.2, -0.15) is 4.37 Å². The SMILES string of the molecule is COCCc1nsc(N2CCO[C@H]3CCCC[C@@H]32)n1. The molecule has 1 aromatic rings. The summed E-state index contributed by atoms with van der Waals surface area (Å²) >= 11 is 1.52. The summed E-state index contributed by atoms with van der Waals surface area (Å²) in [6, 6.07) is 0.505. The van der Waals surface area contributed by atoms with Gasteiger partial charge in [-0.3, -0.25) is 0 Å². The molecule has 0 radical (unpaired) electrons. The number of hydrogen-bond donors (Lipinski definition) is 0. The molecule has 2 fully saturated rings. The van der Waals surface area contributed by atoms with E-state index in [1.54, 1.807) is 7.11 Å². The maximum atomic E-state index is 5.90. The van der Waals surface area contributed by atoms with Crippen molar-refractivity contribution in [2.75, 3.05) is 31.8 Å². The van der Waals surface area contributed by atoms with Gasteiger partial charge < -0.3 is 14.4 Å². The van der Waals surface area contributed by atoms with Crippen LogP contribution in [0.4, 0.5) is 5.13 Å². The molecule has 1 saturated heterocycles. The number of methoxy groups -OCH3 is 1. The van der Waals surface area contributed by atoms with E-state index in [1.165, 1.54) is 37.2 Å². The fraction of sp³-hybridized carbons (Fsp3) is 0.846. The number of nitrogens with zero attached hydrogens (tertiary/aromatic N) is 3. The second kappa shape index (κ2) is 6.15. The van der Waals surface area contributed by atoms with Crippen molar-refractivity contribution in [2.24, 2.45) is 0 Å². The van der Waals surface area contributed by atoms with Gasteiger partial charge in [0.15, 0.2) is 0 Å². The smallest absolute Gasteiger partial charge is 0.205 e. The van der Waals surface area contributed by atoms with Crippen molar-refractivity contribution in [1.29, 1.82) is 0 Å². The quantitative estimate of drug-likeness (QED) is 0.844. The van der Waals surface area contributed by atoms with E-state index in [9.17, 15) is 0 Å². The molecule has 1 aliphatic heterocycles. The molecule has 2 heterocycles. The molecule has 1 aliphatic carbocycles. The second-order valence-corrected chi connectivity index (χ2v) is 5.92. The first kappa shape index (κ1) is 13.3. The van der Waals surface area contributed by atoms with Crippen molar-refractivity contribution in [2.45, 2.75) is 44.2 Å². The molecule has 6 heteroatoms. The number of anilines is 1. The van der Waals surface area contributed by atoms with Gasteiger partial charge in [0.05, 0.1) is 25.4 Å². The van der Waals surface area contributed by atoms with Crippen LogP contribution in [-0.2, 0) is 15.9 Å². The predicted molar refractivity (Wildman–Crippen MR) is 74.8 cm³/mol. The predicted octanol–water partition coefficient (Wildman–Crippen LogP) is 1.87. The van der Waals surface area contributed by atoms with Crippen LogP contribution in [0.2, 0.25) is 0 Å². The Morgan fingerprint density at radius 3 is 3.21 bits per heavy atom. The number of fused-ring (bicyclic) bond motifs is 1. The summed E-state index contributed by atoms with van der Waals surface area (Å²) in [6.07, 6.45) is 6.20. The van der Waals surface area contributed by atoms with Crippen LogP contribution in [0.1, 0.15) is 31.5 Å². The Morgan fingerprint density at radius 1 is 1.42 bits per heavy atom. The third-order valence-corrected chi connectivity index (χ3v) is 4.76. The fourth-order valence-corrected chi connectivity index (χ4v) is 3.79. The molecule has 0 aromatic carbocycles. The van der Waals surface area contributed by atoms with Gasteiger partial charge >= 0.3 is 0 Å². The first-order valence-corrected chi connectivity index (χ1v) is 7.85. The molecule has 2 atom stereocenters. The molecule has 0 N–H and O–H groups in total. The summed E-state index contributed by atoms with van der Waals surface area (Å²) in [5, 5.41) is 1.06. The summed E-state index contributed by atoms with van der Waals surface area (Å²) in [6.45, 7) is 2.44. The van der Waals surface area contributed by atoms with Gasteiger partial charge in [-0.1, -0.05) is 12.8 Å². The Hall–Kier alpha value is -0.720. The Kier molecular flexibility index (Phi) is 4.30. The van der Waals surface area contributed by atoms with Crippen LogP contribution in [0.5, 0.6) is 0 Å². The average molecular weight is 283 g/mol. The highest BCUT2D eigenvalue weighted by Crippen LogP contribution is 2.32. The second-order valence-electron chi connectivity index (χ2n) is 5.19. The number of ether oxygens (including phenoxy) is 2. The highest BCUT2D eigenvalue weighted by molar-refractivity contribution is 7.09. The normalized spacial score (nSPS) is 27.3. The Balaban J connectivity index is 1.70. The zero-order chi connectivity index (χ0) is 13.1. The van der Waals surface area contributed by atoms with Gasteiger partial charge in [-0.15, -0.1) is 0 Å². The lowest BCUT2D eigenvalue weighted by Crippen LogP contribution is -2.52. The van der Waals surface area contributed by atoms with Gasteiger partial charge in [-0.05, 0) is 12.8 Å². The fourth-order valence-electron chi connectivity index (χ4n) is 2.99. The van der Waals surface area contributed by atoms with Crippen LogP contribution in [0.3, 0.4) is 0 Å². The summed E-state index contributed by atoms with van der Waals surface area (Å²) in [5.41, 5.74) is 0. The van der Waals surface area contributed by atoms with Crippen molar-refractivity contribution < 1.29 is 9.47 Å². The third kappa shape index (κ3) is 2.90. The van der Waals surface area contributed by atoms with Crippen LogP contribution >= 0.6 is 11.5 Å². The Labute approximate surface area is 118 Å². The van der Waals surface area contributed by atoms with Crippen molar-refractivity contribution in [3.05, 3.63) is 5.82 Å². The van der Waals surface area contributed by atoms with Crippen molar-refractivity contribution >= 4 is 16.7 Å². The lowest BCUT2D eigenvalue weighted by atomic mass is 9.90. The average Bonchev–Trinajstić information content (AvgIpc) is 2.93. The molecule has 3 rings (SSSR count). The Morgan fingerprint density at radius 2 is 2.32 bits per heavy atom. The Bertz CT molecular complexity index is 410. The molecule has 1 aromatic heterocycles. The lowest BCUT2D eigenvalue weighted by Gasteiger charge is -2.43. The molecule has 0 bridgehead atoms. The monoisotopic (exact) mass is 283 g/mol. The molecule has 1 saturated carbocycles. The van der Waals surface area contributed by atoms with Gasteiger partial charge in [0.1, 0.15) is 5.82 Å². The maximum absolute atomic E-state index is 5.90. The van der Waals surface area contributed by atoms with Crippen molar-refractivity contribution in [1.82, 2.24) is 9.36 Å². The van der Waals surface area contributed by atoms with E-state index in [0.29, 0.717) is 18.8 Å². The molecule has 0 spiro atoms. The molecule has 106 valence electrons. The number of rotatable bonds is 4. The number of aromatic nitrogens is 2. The molecule has 5 nitrogen and oxygen atoms in total. The van der Waals surface area contributed by atoms with Crippen LogP contribution in [0, 0.1) is 0 Å². The van der Waals surface area contributed by atoms with E-state index >= 15 is 0 Å². The van der Waals surface area contributed by atoms with Gasteiger partial charge in [0.2, 0.25) is 5.13 Å². The number of morpholine rings is 1. The minimum atomic E-state index is 0.397. The van der Waals surface area contributed by atoms with Crippen LogP contribution in [-0.4, -0.2) is 48.4 Å². The van der Waals surface area contributed by atoms with Crippen LogP contribution in [0.15, 0.2) is 0 Å². The molecular formula is C13H21N3O2S. The van der Waals surface area contributed by atoms with E-state index in [1.807, 2.05) is 0 Å². The molecule has 0 amide bonds. The topological polar surface area (TPSA) is 47.5 Å². The van der Waals surface area contributed by atoms with Crippen LogP contribution in [0.25, 0.3) is 0 Å². The van der Waals surface area contributed by atoms with E-state index in [0.717, 1.165) is 30.5 Å². The first-order chi connectivity index (χ1) is 9.38. The molecule has 19 heavy (non-hydrogen) atoms. The lowest BCUT2D eigenvalue weighted by molar-refractivity contribution is -0.00870. The third-order valence-electron chi connectivity index (χ3n) is 3.97. The van der Waals surface area contributed by atoms with Gasteiger partial charge in [0.25, 0.3) is 0 Å². The van der Waals surface area contributed by atoms with Gasteiger partial charge in [-0.25, -0.2) is 4.98 Å². The van der Waals surface area contributed by atoms with Crippen molar-refractivity contribution in [3.8, 4) is 0 Å². The highest BCUT2D eigenvalue weighted by Gasteiger charge is 2.35. The minimum absolute atomic E-state index is 0.397. The van der Waals surface area contributed by atoms with E-state index in [4.69, 9.17) is 9.47 Å². The zero-order valence-corrected chi connectivity index (χ0v) is 12.2. The maximum Gasteiger partial charge on any atom is 0.205 e. The van der Waals surface area contributed by atoms with E-state index in [-0.39, 0.29) is 0 Å². The summed E-state index contributed by atoms with van der Waals surface area (Å²) in [5.74, 6) is 0.903. The summed E-state index contributed by atoms with van der Waals surface area (Å²) in [4.78, 5) is 7.08. The van der Waals surface area contributed by atoms with E-state index in [2.05, 4.69) is 14.3 Å². The highest BCUT2D eigenvalue weighted by atomic mass is 32.1. The van der Waals surface area contributed by atoms with Crippen molar-refractivity contribution in [3.63, 3.8) is 0 Å². The largest absolute Gasteiger partial charge is 0.384 e. The molecular weight excluding hydrogens is 262 g/mol. The standard InChI is InChI=1S/C13H21N3O2S/c1-17-8-6-12-14-13(19-15-12)16-7-9-18-11-5-3-2-4-10(11)16/h10-11H,2-9H2,1H3/t10-,11-/m0/s1. The molecule has 0 unspecified atom stereocenters.